The van der Waals surface area contributed by atoms with Gasteiger partial charge in [-0.05, 0) is 40.0 Å². The molecule has 0 heterocycles. The van der Waals surface area contributed by atoms with Crippen LogP contribution in [0.1, 0.15) is 40.0 Å². The van der Waals surface area contributed by atoms with Crippen molar-refractivity contribution in [3.05, 3.63) is 12.2 Å². The SMILES string of the molecule is C=C(C)C(=O)OCCCCCOC(=O)C(C)(C)Br. The molecule has 0 aliphatic heterocycles. The Labute approximate surface area is 117 Å². The van der Waals surface area contributed by atoms with Gasteiger partial charge >= 0.3 is 11.9 Å². The molecule has 0 amide bonds. The Hall–Kier alpha value is -0.840. The van der Waals surface area contributed by atoms with Crippen LogP contribution in [0.15, 0.2) is 12.2 Å². The number of unbranched alkanes of at least 4 members (excludes halogenated alkanes) is 2. The Bertz CT molecular complexity index is 305. The van der Waals surface area contributed by atoms with Crippen LogP contribution in [0.5, 0.6) is 0 Å². The maximum Gasteiger partial charge on any atom is 0.333 e. The molecule has 0 aliphatic rings. The predicted octanol–water partition coefficient (Wildman–Crippen LogP) is 2.99. The van der Waals surface area contributed by atoms with Gasteiger partial charge in [0, 0.05) is 5.57 Å². The molecule has 0 saturated heterocycles. The fourth-order valence-electron chi connectivity index (χ4n) is 1.01. The highest BCUT2D eigenvalue weighted by atomic mass is 79.9. The second kappa shape index (κ2) is 8.29. The lowest BCUT2D eigenvalue weighted by Gasteiger charge is -2.14. The van der Waals surface area contributed by atoms with Crippen LogP contribution in [0, 0.1) is 0 Å². The molecule has 0 N–H and O–H groups in total. The van der Waals surface area contributed by atoms with Crippen LogP contribution in [0.4, 0.5) is 0 Å². The number of esters is 2. The topological polar surface area (TPSA) is 52.6 Å². The molecule has 0 aliphatic carbocycles. The number of ether oxygens (including phenoxy) is 2. The van der Waals surface area contributed by atoms with E-state index in [4.69, 9.17) is 9.47 Å². The maximum absolute atomic E-state index is 11.4. The summed E-state index contributed by atoms with van der Waals surface area (Å²) in [5, 5.41) is 0. The van der Waals surface area contributed by atoms with Crippen LogP contribution in [-0.4, -0.2) is 29.5 Å². The molecule has 0 bridgehead atoms. The maximum atomic E-state index is 11.4. The van der Waals surface area contributed by atoms with E-state index in [1.165, 1.54) is 0 Å². The molecule has 0 aromatic heterocycles. The van der Waals surface area contributed by atoms with Gasteiger partial charge in [-0.15, -0.1) is 0 Å². The lowest BCUT2D eigenvalue weighted by atomic mass is 10.2. The number of alkyl halides is 1. The van der Waals surface area contributed by atoms with E-state index in [0.717, 1.165) is 19.3 Å². The summed E-state index contributed by atoms with van der Waals surface area (Å²) in [6.07, 6.45) is 2.37. The smallest absolute Gasteiger partial charge is 0.333 e. The second-order valence-electron chi connectivity index (χ2n) is 4.59. The number of carbonyl (C=O) groups is 2. The summed E-state index contributed by atoms with van der Waals surface area (Å²) >= 11 is 3.23. The monoisotopic (exact) mass is 320 g/mol. The van der Waals surface area contributed by atoms with Gasteiger partial charge in [0.1, 0.15) is 4.32 Å². The molecule has 0 radical (unpaired) electrons. The lowest BCUT2D eigenvalue weighted by Crippen LogP contribution is -2.26. The van der Waals surface area contributed by atoms with Crippen molar-refractivity contribution in [3.63, 3.8) is 0 Å². The molecule has 0 unspecified atom stereocenters. The van der Waals surface area contributed by atoms with Gasteiger partial charge in [0.2, 0.25) is 0 Å². The van der Waals surface area contributed by atoms with Crippen LogP contribution < -0.4 is 0 Å². The molecule has 4 nitrogen and oxygen atoms in total. The third-order valence-electron chi connectivity index (χ3n) is 2.09. The van der Waals surface area contributed by atoms with Gasteiger partial charge in [-0.1, -0.05) is 22.5 Å². The molecule has 0 aromatic carbocycles. The summed E-state index contributed by atoms with van der Waals surface area (Å²) in [7, 11) is 0. The summed E-state index contributed by atoms with van der Waals surface area (Å²) in [4.78, 5) is 22.4. The van der Waals surface area contributed by atoms with E-state index in [9.17, 15) is 9.59 Å². The van der Waals surface area contributed by atoms with Crippen molar-refractivity contribution in [1.29, 1.82) is 0 Å². The van der Waals surface area contributed by atoms with Gasteiger partial charge in [-0.25, -0.2) is 4.79 Å². The molecule has 104 valence electrons. The molecule has 0 rings (SSSR count). The zero-order chi connectivity index (χ0) is 14.2. The summed E-state index contributed by atoms with van der Waals surface area (Å²) in [6, 6.07) is 0. The normalized spacial score (nSPS) is 10.9. The van der Waals surface area contributed by atoms with Crippen LogP contribution in [0.25, 0.3) is 0 Å². The van der Waals surface area contributed by atoms with Crippen LogP contribution in [-0.2, 0) is 19.1 Å². The fraction of sp³-hybridized carbons (Fsp3) is 0.692. The van der Waals surface area contributed by atoms with Crippen molar-refractivity contribution in [1.82, 2.24) is 0 Å². The minimum absolute atomic E-state index is 0.267. The second-order valence-corrected chi connectivity index (χ2v) is 6.57. The van der Waals surface area contributed by atoms with E-state index in [0.29, 0.717) is 18.8 Å². The van der Waals surface area contributed by atoms with Gasteiger partial charge in [-0.2, -0.15) is 0 Å². The molecule has 18 heavy (non-hydrogen) atoms. The van der Waals surface area contributed by atoms with Crippen molar-refractivity contribution in [2.24, 2.45) is 0 Å². The summed E-state index contributed by atoms with van der Waals surface area (Å²) in [5.41, 5.74) is 0.406. The number of carbonyl (C=O) groups excluding carboxylic acids is 2. The molecule has 5 heteroatoms. The predicted molar refractivity (Wildman–Crippen MR) is 73.6 cm³/mol. The van der Waals surface area contributed by atoms with E-state index in [2.05, 4.69) is 22.5 Å². The highest BCUT2D eigenvalue weighted by Gasteiger charge is 2.24. The van der Waals surface area contributed by atoms with Crippen molar-refractivity contribution >= 4 is 27.9 Å². The Balaban J connectivity index is 3.45. The van der Waals surface area contributed by atoms with Crippen molar-refractivity contribution in [2.75, 3.05) is 13.2 Å². The minimum atomic E-state index is -0.635. The number of hydrogen-bond acceptors (Lipinski definition) is 4. The Morgan fingerprint density at radius 1 is 1.11 bits per heavy atom. The van der Waals surface area contributed by atoms with Crippen LogP contribution >= 0.6 is 15.9 Å². The molecule has 0 fully saturated rings. The van der Waals surface area contributed by atoms with Crippen LogP contribution in [0.3, 0.4) is 0 Å². The largest absolute Gasteiger partial charge is 0.465 e. The van der Waals surface area contributed by atoms with E-state index in [1.54, 1.807) is 20.8 Å². The fourth-order valence-corrected chi connectivity index (χ4v) is 1.12. The summed E-state index contributed by atoms with van der Waals surface area (Å²) < 4.78 is 9.36. The number of rotatable bonds is 8. The molecule has 0 aromatic rings. The van der Waals surface area contributed by atoms with Crippen molar-refractivity contribution in [3.8, 4) is 0 Å². The summed E-state index contributed by atoms with van der Waals surface area (Å²) in [5.74, 6) is -0.626. The highest BCUT2D eigenvalue weighted by Crippen LogP contribution is 2.17. The first-order valence-corrected chi connectivity index (χ1v) is 6.73. The first-order chi connectivity index (χ1) is 8.25. The number of halogens is 1. The van der Waals surface area contributed by atoms with E-state index < -0.39 is 4.32 Å². The van der Waals surface area contributed by atoms with Crippen LogP contribution in [0.2, 0.25) is 0 Å². The molecular formula is C13H21BrO4. The first-order valence-electron chi connectivity index (χ1n) is 5.94. The average molecular weight is 321 g/mol. The third kappa shape index (κ3) is 8.28. The molecular weight excluding hydrogens is 300 g/mol. The quantitative estimate of drug-likeness (QED) is 0.298. The average Bonchev–Trinajstić information content (AvgIpc) is 2.25. The zero-order valence-corrected chi connectivity index (χ0v) is 12.8. The number of hydrogen-bond donors (Lipinski definition) is 0. The molecule has 0 spiro atoms. The van der Waals surface area contributed by atoms with Crippen molar-refractivity contribution < 1.29 is 19.1 Å². The minimum Gasteiger partial charge on any atom is -0.465 e. The zero-order valence-electron chi connectivity index (χ0n) is 11.3. The summed E-state index contributed by atoms with van der Waals surface area (Å²) in [6.45, 7) is 9.36. The van der Waals surface area contributed by atoms with Crippen molar-refractivity contribution in [2.45, 2.75) is 44.4 Å². The third-order valence-corrected chi connectivity index (χ3v) is 2.41. The lowest BCUT2D eigenvalue weighted by molar-refractivity contribution is -0.145. The Morgan fingerprint density at radius 3 is 2.06 bits per heavy atom. The molecule has 0 saturated carbocycles. The van der Waals surface area contributed by atoms with Gasteiger partial charge in [0.15, 0.2) is 0 Å². The Kier molecular flexibility index (Phi) is 7.91. The van der Waals surface area contributed by atoms with E-state index in [1.807, 2.05) is 0 Å². The van der Waals surface area contributed by atoms with Gasteiger partial charge in [0.25, 0.3) is 0 Å². The van der Waals surface area contributed by atoms with Gasteiger partial charge in [-0.3, -0.25) is 4.79 Å². The standard InChI is InChI=1S/C13H21BrO4/c1-10(2)11(15)17-8-6-5-7-9-18-12(16)13(3,4)14/h1,5-9H2,2-4H3. The highest BCUT2D eigenvalue weighted by molar-refractivity contribution is 9.10. The van der Waals surface area contributed by atoms with Gasteiger partial charge in [0.05, 0.1) is 13.2 Å². The van der Waals surface area contributed by atoms with E-state index in [-0.39, 0.29) is 11.9 Å². The Morgan fingerprint density at radius 2 is 1.61 bits per heavy atom. The first kappa shape index (κ1) is 17.2. The van der Waals surface area contributed by atoms with E-state index >= 15 is 0 Å². The molecule has 0 atom stereocenters. The van der Waals surface area contributed by atoms with Gasteiger partial charge < -0.3 is 9.47 Å².